The van der Waals surface area contributed by atoms with E-state index in [0.29, 0.717) is 0 Å². The summed E-state index contributed by atoms with van der Waals surface area (Å²) in [5.74, 6) is -1.17. The third kappa shape index (κ3) is 7.83. The Labute approximate surface area is 75.8 Å². The van der Waals surface area contributed by atoms with Crippen molar-refractivity contribution in [1.29, 1.82) is 0 Å². The molecule has 0 aliphatic heterocycles. The van der Waals surface area contributed by atoms with Crippen LogP contribution in [0.1, 0.15) is 12.8 Å². The lowest BCUT2D eigenvalue weighted by Gasteiger charge is -1.90. The molecule has 0 radical (unpaired) electrons. The Bertz CT molecular complexity index is 126. The second-order valence-corrected chi connectivity index (χ2v) is 1.64. The predicted molar refractivity (Wildman–Crippen MR) is 46.3 cm³/mol. The number of halogens is 1. The molecule has 0 aromatic carbocycles. The van der Waals surface area contributed by atoms with Gasteiger partial charge in [0, 0.05) is 6.42 Å². The highest BCUT2D eigenvalue weighted by Crippen LogP contribution is 1.87. The molecule has 0 aliphatic rings. The maximum Gasteiger partial charge on any atom is 0.303 e. The molecule has 3 N–H and O–H groups in total. The van der Waals surface area contributed by atoms with Gasteiger partial charge in [-0.3, -0.25) is 9.59 Å². The minimum absolute atomic E-state index is 0. The van der Waals surface area contributed by atoms with Gasteiger partial charge in [-0.1, -0.05) is 0 Å². The molecule has 0 heterocycles. The second kappa shape index (κ2) is 6.94. The average Bonchev–Trinajstić information content (AvgIpc) is 1.83. The molecule has 0 saturated carbocycles. The quantitative estimate of drug-likeness (QED) is 0.696. The van der Waals surface area contributed by atoms with Gasteiger partial charge < -0.3 is 10.8 Å². The fourth-order valence-corrected chi connectivity index (χ4v) is 0.348. The van der Waals surface area contributed by atoms with Gasteiger partial charge in [-0.2, -0.15) is 0 Å². The van der Waals surface area contributed by atoms with Gasteiger partial charge in [-0.15, -0.1) is 24.0 Å². The van der Waals surface area contributed by atoms with Crippen LogP contribution in [0.25, 0.3) is 0 Å². The van der Waals surface area contributed by atoms with Crippen molar-refractivity contribution in [2.45, 2.75) is 12.8 Å². The molecule has 4 nitrogen and oxygen atoms in total. The first-order valence-electron chi connectivity index (χ1n) is 2.60. The molecule has 10 heavy (non-hydrogen) atoms. The van der Waals surface area contributed by atoms with E-state index in [0.717, 1.165) is 0 Å². The van der Waals surface area contributed by atoms with E-state index in [9.17, 15) is 9.59 Å². The first-order chi connectivity index (χ1) is 4.16. The zero-order valence-corrected chi connectivity index (χ0v) is 7.70. The van der Waals surface area contributed by atoms with Crippen LogP contribution in [0.15, 0.2) is 0 Å². The first kappa shape index (κ1) is 12.5. The second-order valence-electron chi connectivity index (χ2n) is 1.64. The highest BCUT2D eigenvalue weighted by Gasteiger charge is 2.01. The highest BCUT2D eigenvalue weighted by atomic mass is 127. The number of aliphatic carboxylic acids is 1. The standard InChI is InChI=1S/C5H9NO3.HI/c6-3-4(7)1-2-5(8)9;/h1-3,6H2,(H,8,9);1H. The van der Waals surface area contributed by atoms with E-state index in [-0.39, 0.29) is 49.1 Å². The third-order valence-corrected chi connectivity index (χ3v) is 0.845. The molecule has 0 fully saturated rings. The maximum atomic E-state index is 10.3. The molecule has 0 aromatic heterocycles. The van der Waals surface area contributed by atoms with Gasteiger partial charge in [-0.05, 0) is 0 Å². The van der Waals surface area contributed by atoms with E-state index in [1.165, 1.54) is 0 Å². The Morgan fingerprint density at radius 2 is 1.80 bits per heavy atom. The van der Waals surface area contributed by atoms with Crippen molar-refractivity contribution in [3.63, 3.8) is 0 Å². The fourth-order valence-electron chi connectivity index (χ4n) is 0.348. The summed E-state index contributed by atoms with van der Waals surface area (Å²) in [6.07, 6.45) is -0.0676. The van der Waals surface area contributed by atoms with E-state index in [2.05, 4.69) is 0 Å². The summed E-state index contributed by atoms with van der Waals surface area (Å²) in [5, 5.41) is 8.06. The van der Waals surface area contributed by atoms with Gasteiger partial charge >= 0.3 is 5.97 Å². The molecule has 0 spiro atoms. The normalized spacial score (nSPS) is 8.10. The van der Waals surface area contributed by atoms with E-state index in [1.54, 1.807) is 0 Å². The van der Waals surface area contributed by atoms with Crippen LogP contribution < -0.4 is 5.73 Å². The van der Waals surface area contributed by atoms with Crippen LogP contribution in [0, 0.1) is 0 Å². The van der Waals surface area contributed by atoms with Crippen LogP contribution in [-0.2, 0) is 9.59 Å². The zero-order chi connectivity index (χ0) is 7.28. The molecule has 0 saturated heterocycles. The number of carboxylic acids is 1. The average molecular weight is 259 g/mol. The Hall–Kier alpha value is -0.170. The summed E-state index contributed by atoms with van der Waals surface area (Å²) in [6, 6.07) is 0. The third-order valence-electron chi connectivity index (χ3n) is 0.845. The molecule has 60 valence electrons. The lowest BCUT2D eigenvalue weighted by atomic mass is 10.2. The molecule has 0 rings (SSSR count). The highest BCUT2D eigenvalue weighted by molar-refractivity contribution is 14.0. The smallest absolute Gasteiger partial charge is 0.303 e. The van der Waals surface area contributed by atoms with Crippen LogP contribution in [0.2, 0.25) is 0 Å². The van der Waals surface area contributed by atoms with Crippen LogP contribution in [0.5, 0.6) is 0 Å². The van der Waals surface area contributed by atoms with E-state index in [4.69, 9.17) is 10.8 Å². The summed E-state index contributed by atoms with van der Waals surface area (Å²) in [4.78, 5) is 20.2. The summed E-state index contributed by atoms with van der Waals surface area (Å²) in [6.45, 7) is -0.0622. The number of hydrogen-bond donors (Lipinski definition) is 2. The number of carbonyl (C=O) groups is 2. The molecule has 0 aromatic rings. The number of Topliss-reactive ketones (excluding diaryl/α,β-unsaturated/α-hetero) is 1. The molecule has 0 bridgehead atoms. The van der Waals surface area contributed by atoms with Crippen LogP contribution in [-0.4, -0.2) is 23.4 Å². The first-order valence-corrected chi connectivity index (χ1v) is 2.60. The zero-order valence-electron chi connectivity index (χ0n) is 5.37. The van der Waals surface area contributed by atoms with Gasteiger partial charge in [0.25, 0.3) is 0 Å². The van der Waals surface area contributed by atoms with E-state index in [1.807, 2.05) is 0 Å². The fraction of sp³-hybridized carbons (Fsp3) is 0.600. The van der Waals surface area contributed by atoms with Crippen LogP contribution in [0.4, 0.5) is 0 Å². The molecule has 0 amide bonds. The number of rotatable bonds is 4. The van der Waals surface area contributed by atoms with Gasteiger partial charge in [0.1, 0.15) is 5.78 Å². The van der Waals surface area contributed by atoms with Gasteiger partial charge in [-0.25, -0.2) is 0 Å². The monoisotopic (exact) mass is 259 g/mol. The molecular formula is C5H10INO3. The lowest BCUT2D eigenvalue weighted by Crippen LogP contribution is -2.14. The molecular weight excluding hydrogens is 249 g/mol. The number of hydrogen-bond acceptors (Lipinski definition) is 3. The maximum absolute atomic E-state index is 10.3. The Morgan fingerprint density at radius 1 is 1.30 bits per heavy atom. The van der Waals surface area contributed by atoms with Crippen LogP contribution >= 0.6 is 24.0 Å². The molecule has 0 atom stereocenters. The van der Waals surface area contributed by atoms with Gasteiger partial charge in [0.15, 0.2) is 0 Å². The SMILES string of the molecule is I.NCC(=O)CCC(=O)O. The van der Waals surface area contributed by atoms with Crippen molar-refractivity contribution in [3.05, 3.63) is 0 Å². The van der Waals surface area contributed by atoms with Crippen molar-refractivity contribution in [3.8, 4) is 0 Å². The Balaban J connectivity index is 0. The molecule has 5 heteroatoms. The number of nitrogens with two attached hydrogens (primary N) is 1. The number of ketones is 1. The Morgan fingerprint density at radius 3 is 2.10 bits per heavy atom. The van der Waals surface area contributed by atoms with Crippen molar-refractivity contribution < 1.29 is 14.7 Å². The summed E-state index contributed by atoms with van der Waals surface area (Å²) in [5.41, 5.74) is 4.92. The van der Waals surface area contributed by atoms with Crippen LogP contribution in [0.3, 0.4) is 0 Å². The Kier molecular flexibility index (Phi) is 8.68. The number of carbonyl (C=O) groups excluding carboxylic acids is 1. The van der Waals surface area contributed by atoms with E-state index < -0.39 is 5.97 Å². The summed E-state index contributed by atoms with van der Waals surface area (Å²) >= 11 is 0. The minimum atomic E-state index is -0.961. The van der Waals surface area contributed by atoms with Gasteiger partial charge in [0.2, 0.25) is 0 Å². The summed E-state index contributed by atoms with van der Waals surface area (Å²) < 4.78 is 0. The number of carboxylic acid groups (broad SMARTS) is 1. The predicted octanol–water partition coefficient (Wildman–Crippen LogP) is -0.00300. The largest absolute Gasteiger partial charge is 0.481 e. The van der Waals surface area contributed by atoms with Crippen molar-refractivity contribution in [2.75, 3.05) is 6.54 Å². The molecule has 0 unspecified atom stereocenters. The van der Waals surface area contributed by atoms with Crippen molar-refractivity contribution in [1.82, 2.24) is 0 Å². The van der Waals surface area contributed by atoms with E-state index >= 15 is 0 Å². The van der Waals surface area contributed by atoms with Gasteiger partial charge in [0.05, 0.1) is 13.0 Å². The molecule has 0 aliphatic carbocycles. The minimum Gasteiger partial charge on any atom is -0.481 e. The van der Waals surface area contributed by atoms with Crippen molar-refractivity contribution >= 4 is 35.7 Å². The summed E-state index contributed by atoms with van der Waals surface area (Å²) in [7, 11) is 0. The topological polar surface area (TPSA) is 80.4 Å². The lowest BCUT2D eigenvalue weighted by molar-refractivity contribution is -0.138. The van der Waals surface area contributed by atoms with Crippen molar-refractivity contribution in [2.24, 2.45) is 5.73 Å².